The maximum Gasteiger partial charge on any atom is 0.0756 e. The van der Waals surface area contributed by atoms with Gasteiger partial charge in [-0.1, -0.05) is 41.9 Å². The molecule has 3 rings (SSSR count). The first-order chi connectivity index (χ1) is 10.1. The fourth-order valence-corrected chi connectivity index (χ4v) is 2.42. The summed E-state index contributed by atoms with van der Waals surface area (Å²) in [5.41, 5.74) is 5.12. The van der Waals surface area contributed by atoms with Gasteiger partial charge < -0.3 is 0 Å². The highest BCUT2D eigenvalue weighted by Crippen LogP contribution is 2.27. The predicted molar refractivity (Wildman–Crippen MR) is 89.9 cm³/mol. The van der Waals surface area contributed by atoms with Crippen molar-refractivity contribution in [3.05, 3.63) is 70.4 Å². The van der Waals surface area contributed by atoms with Crippen LogP contribution in [0.15, 0.2) is 53.5 Å². The first kappa shape index (κ1) is 13.8. The highest BCUT2D eigenvalue weighted by molar-refractivity contribution is 6.30. The number of aromatic nitrogens is 1. The van der Waals surface area contributed by atoms with Crippen LogP contribution in [-0.4, -0.2) is 11.2 Å². The topological polar surface area (TPSA) is 25.2 Å². The van der Waals surface area contributed by atoms with Gasteiger partial charge in [0.1, 0.15) is 0 Å². The largest absolute Gasteiger partial charge is 0.255 e. The van der Waals surface area contributed by atoms with Gasteiger partial charge in [-0.3, -0.25) is 9.98 Å². The molecule has 1 heterocycles. The summed E-state index contributed by atoms with van der Waals surface area (Å²) in [5, 5.41) is 1.80. The lowest BCUT2D eigenvalue weighted by molar-refractivity contribution is 1.24. The van der Waals surface area contributed by atoms with Gasteiger partial charge in [0.2, 0.25) is 0 Å². The van der Waals surface area contributed by atoms with Gasteiger partial charge >= 0.3 is 0 Å². The molecule has 0 saturated carbocycles. The van der Waals surface area contributed by atoms with Crippen molar-refractivity contribution >= 4 is 34.4 Å². The Labute approximate surface area is 129 Å². The Morgan fingerprint density at radius 3 is 2.57 bits per heavy atom. The van der Waals surface area contributed by atoms with Crippen LogP contribution in [0.4, 0.5) is 5.69 Å². The fraction of sp³-hybridized carbons (Fsp3) is 0.111. The number of halogens is 1. The van der Waals surface area contributed by atoms with E-state index in [1.807, 2.05) is 49.5 Å². The normalized spacial score (nSPS) is 11.4. The minimum atomic E-state index is 0.730. The molecule has 21 heavy (non-hydrogen) atoms. The van der Waals surface area contributed by atoms with Crippen molar-refractivity contribution in [3.8, 4) is 0 Å². The number of para-hydroxylation sites is 1. The van der Waals surface area contributed by atoms with Crippen LogP contribution in [0.2, 0.25) is 5.02 Å². The van der Waals surface area contributed by atoms with Crippen LogP contribution in [0, 0.1) is 13.8 Å². The molecule has 0 aliphatic rings. The van der Waals surface area contributed by atoms with E-state index in [2.05, 4.69) is 29.0 Å². The summed E-state index contributed by atoms with van der Waals surface area (Å²) in [6.45, 7) is 4.06. The monoisotopic (exact) mass is 294 g/mol. The second-order valence-corrected chi connectivity index (χ2v) is 5.50. The number of aryl methyl sites for hydroxylation is 2. The van der Waals surface area contributed by atoms with Crippen molar-refractivity contribution in [2.75, 3.05) is 0 Å². The average Bonchev–Trinajstić information content (AvgIpc) is 2.47. The number of nitrogens with zero attached hydrogens (tertiary/aromatic N) is 2. The zero-order valence-corrected chi connectivity index (χ0v) is 12.7. The second-order valence-electron chi connectivity index (χ2n) is 5.06. The van der Waals surface area contributed by atoms with Gasteiger partial charge in [0, 0.05) is 22.3 Å². The summed E-state index contributed by atoms with van der Waals surface area (Å²) in [6.07, 6.45) is 1.85. The molecule has 2 nitrogen and oxygen atoms in total. The van der Waals surface area contributed by atoms with Crippen molar-refractivity contribution < 1.29 is 0 Å². The van der Waals surface area contributed by atoms with E-state index in [9.17, 15) is 0 Å². The number of pyridine rings is 1. The molecule has 3 heteroatoms. The van der Waals surface area contributed by atoms with E-state index in [0.29, 0.717) is 0 Å². The first-order valence-corrected chi connectivity index (χ1v) is 7.18. The molecule has 104 valence electrons. The summed E-state index contributed by atoms with van der Waals surface area (Å²) in [4.78, 5) is 9.24. The first-order valence-electron chi connectivity index (χ1n) is 6.80. The van der Waals surface area contributed by atoms with Crippen molar-refractivity contribution in [2.45, 2.75) is 13.8 Å². The minimum Gasteiger partial charge on any atom is -0.255 e. The molecule has 0 radical (unpaired) electrons. The van der Waals surface area contributed by atoms with E-state index in [1.165, 1.54) is 5.56 Å². The number of benzene rings is 2. The highest BCUT2D eigenvalue weighted by atomic mass is 35.5. The van der Waals surface area contributed by atoms with Gasteiger partial charge in [-0.15, -0.1) is 0 Å². The third kappa shape index (κ3) is 2.96. The Morgan fingerprint density at radius 2 is 1.81 bits per heavy atom. The Bertz CT molecular complexity index is 820. The molecule has 0 fully saturated rings. The molecule has 2 aromatic carbocycles. The Morgan fingerprint density at radius 1 is 1.05 bits per heavy atom. The average molecular weight is 295 g/mol. The van der Waals surface area contributed by atoms with E-state index < -0.39 is 0 Å². The van der Waals surface area contributed by atoms with Crippen LogP contribution in [0.25, 0.3) is 10.9 Å². The lowest BCUT2D eigenvalue weighted by Crippen LogP contribution is -1.88. The van der Waals surface area contributed by atoms with Gasteiger partial charge in [-0.25, -0.2) is 0 Å². The number of aliphatic imine (C=N–C) groups is 1. The van der Waals surface area contributed by atoms with E-state index in [0.717, 1.165) is 32.9 Å². The highest BCUT2D eigenvalue weighted by Gasteiger charge is 2.04. The van der Waals surface area contributed by atoms with Gasteiger partial charge in [0.15, 0.2) is 0 Å². The molecule has 0 amide bonds. The van der Waals surface area contributed by atoms with E-state index in [-0.39, 0.29) is 0 Å². The molecule has 0 atom stereocenters. The van der Waals surface area contributed by atoms with Gasteiger partial charge in [-0.05, 0) is 43.2 Å². The quantitative estimate of drug-likeness (QED) is 0.592. The van der Waals surface area contributed by atoms with Gasteiger partial charge in [-0.2, -0.15) is 0 Å². The van der Waals surface area contributed by atoms with Crippen LogP contribution >= 0.6 is 11.6 Å². The Balaban J connectivity index is 2.08. The zero-order valence-electron chi connectivity index (χ0n) is 12.0. The number of rotatable bonds is 2. The van der Waals surface area contributed by atoms with Crippen molar-refractivity contribution in [2.24, 2.45) is 4.99 Å². The van der Waals surface area contributed by atoms with Crippen LogP contribution in [0.3, 0.4) is 0 Å². The van der Waals surface area contributed by atoms with Crippen LogP contribution in [-0.2, 0) is 0 Å². The van der Waals surface area contributed by atoms with Crippen LogP contribution in [0.1, 0.15) is 16.8 Å². The van der Waals surface area contributed by atoms with Crippen molar-refractivity contribution in [3.63, 3.8) is 0 Å². The lowest BCUT2D eigenvalue weighted by atomic mass is 10.1. The van der Waals surface area contributed by atoms with E-state index in [1.54, 1.807) is 0 Å². The van der Waals surface area contributed by atoms with Crippen molar-refractivity contribution in [1.29, 1.82) is 0 Å². The summed E-state index contributed by atoms with van der Waals surface area (Å²) >= 11 is 5.89. The fourth-order valence-electron chi connectivity index (χ4n) is 2.30. The Hall–Kier alpha value is -2.19. The maximum absolute atomic E-state index is 5.89. The Kier molecular flexibility index (Phi) is 3.72. The maximum atomic E-state index is 5.89. The summed E-state index contributed by atoms with van der Waals surface area (Å²) in [5.74, 6) is 0. The molecule has 0 aliphatic heterocycles. The standard InChI is InChI=1S/C18H15ClN2/c1-12-4-3-5-16-17(10-13(2)21-18(12)16)20-11-14-6-8-15(19)9-7-14/h3-11H,1-2H3. The van der Waals surface area contributed by atoms with Crippen molar-refractivity contribution in [1.82, 2.24) is 4.98 Å². The molecule has 0 aliphatic carbocycles. The molecular weight excluding hydrogens is 280 g/mol. The van der Waals surface area contributed by atoms with Crippen LogP contribution in [0.5, 0.6) is 0 Å². The molecule has 0 saturated heterocycles. The zero-order chi connectivity index (χ0) is 14.8. The predicted octanol–water partition coefficient (Wildman–Crippen LogP) is 5.26. The number of hydrogen-bond donors (Lipinski definition) is 0. The SMILES string of the molecule is Cc1cc(N=Cc2ccc(Cl)cc2)c2cccc(C)c2n1. The molecule has 0 unspecified atom stereocenters. The van der Waals surface area contributed by atoms with Gasteiger partial charge in [0.25, 0.3) is 0 Å². The summed E-state index contributed by atoms with van der Waals surface area (Å²) in [7, 11) is 0. The second kappa shape index (κ2) is 5.66. The van der Waals surface area contributed by atoms with Crippen LogP contribution < -0.4 is 0 Å². The molecule has 3 aromatic rings. The third-order valence-electron chi connectivity index (χ3n) is 3.37. The van der Waals surface area contributed by atoms with E-state index >= 15 is 0 Å². The molecule has 0 N–H and O–H groups in total. The molecular formula is C18H15ClN2. The molecule has 1 aromatic heterocycles. The number of hydrogen-bond acceptors (Lipinski definition) is 2. The summed E-state index contributed by atoms with van der Waals surface area (Å²) < 4.78 is 0. The van der Waals surface area contributed by atoms with Gasteiger partial charge in [0.05, 0.1) is 11.2 Å². The minimum absolute atomic E-state index is 0.730. The summed E-state index contributed by atoms with van der Waals surface area (Å²) in [6, 6.07) is 15.8. The lowest BCUT2D eigenvalue weighted by Gasteiger charge is -2.06. The molecule has 0 spiro atoms. The third-order valence-corrected chi connectivity index (χ3v) is 3.62. The van der Waals surface area contributed by atoms with E-state index in [4.69, 9.17) is 11.6 Å². The molecule has 0 bridgehead atoms. The number of fused-ring (bicyclic) bond motifs is 1. The smallest absolute Gasteiger partial charge is 0.0756 e.